The van der Waals surface area contributed by atoms with Gasteiger partial charge in [0.15, 0.2) is 0 Å². The highest BCUT2D eigenvalue weighted by Crippen LogP contribution is 2.47. The number of fused-ring (bicyclic) bond motifs is 5. The molecule has 8 aromatic carbocycles. The molecule has 0 bridgehead atoms. The maximum Gasteiger partial charge on any atom is 0.136 e. The van der Waals surface area contributed by atoms with E-state index in [1.165, 1.54) is 0 Å². The van der Waals surface area contributed by atoms with Crippen molar-refractivity contribution in [2.24, 2.45) is 0 Å². The van der Waals surface area contributed by atoms with Crippen LogP contribution in [0.15, 0.2) is 174 Å². The molecule has 0 saturated carbocycles. The van der Waals surface area contributed by atoms with Gasteiger partial charge in [-0.1, -0.05) is 146 Å². The van der Waals surface area contributed by atoms with Crippen molar-refractivity contribution < 1.29 is 12.6 Å². The van der Waals surface area contributed by atoms with E-state index in [2.05, 4.69) is 48.5 Å². The molecule has 210 valence electrons. The van der Waals surface area contributed by atoms with Crippen molar-refractivity contribution in [3.05, 3.63) is 170 Å². The van der Waals surface area contributed by atoms with Gasteiger partial charge in [0.05, 0.1) is 8.22 Å². The summed E-state index contributed by atoms with van der Waals surface area (Å²) in [5.41, 5.74) is 6.25. The van der Waals surface area contributed by atoms with Gasteiger partial charge in [0, 0.05) is 10.8 Å². The van der Waals surface area contributed by atoms with Crippen molar-refractivity contribution in [3.63, 3.8) is 0 Å². The summed E-state index contributed by atoms with van der Waals surface area (Å²) in [6, 6.07) is 42.7. The number of hydrogen-bond donors (Lipinski definition) is 0. The maximum absolute atomic E-state index is 9.41. The summed E-state index contributed by atoms with van der Waals surface area (Å²) >= 11 is 0. The van der Waals surface area contributed by atoms with E-state index in [9.17, 15) is 4.11 Å². The SMILES string of the molecule is [2H]c1c([2H])c(-c2c3ccccc3c(-c3cccc(-c4ccccc4)c3)c3ccccc23)c2c(oc3c([2H])c(-c4ccccc4)c([2H])c([2H])c32)c1[2H]. The predicted octanol–water partition coefficient (Wildman–Crippen LogP) is 12.6. The molecular weight excluding hydrogens is 544 g/mol. The van der Waals surface area contributed by atoms with Crippen LogP contribution in [0.4, 0.5) is 0 Å². The van der Waals surface area contributed by atoms with Crippen LogP contribution in [0.25, 0.3) is 88.0 Å². The van der Waals surface area contributed by atoms with Gasteiger partial charge in [0.1, 0.15) is 11.2 Å². The van der Waals surface area contributed by atoms with E-state index in [0.29, 0.717) is 22.1 Å². The molecule has 9 rings (SSSR count). The monoisotopic (exact) mass is 578 g/mol. The highest BCUT2D eigenvalue weighted by atomic mass is 16.3. The fourth-order valence-corrected chi connectivity index (χ4v) is 6.58. The number of hydrogen-bond acceptors (Lipinski definition) is 1. The van der Waals surface area contributed by atoms with E-state index in [-0.39, 0.29) is 58.4 Å². The highest BCUT2D eigenvalue weighted by molar-refractivity contribution is 6.25. The molecule has 1 heterocycles. The van der Waals surface area contributed by atoms with E-state index < -0.39 is 0 Å². The Bertz CT molecular complexity index is 2800. The zero-order chi connectivity index (χ0) is 35.0. The zero-order valence-electron chi connectivity index (χ0n) is 30.1. The van der Waals surface area contributed by atoms with Crippen molar-refractivity contribution >= 4 is 43.5 Å². The zero-order valence-corrected chi connectivity index (χ0v) is 24.1. The topological polar surface area (TPSA) is 13.1 Å². The Kier molecular flexibility index (Phi) is 4.63. The lowest BCUT2D eigenvalue weighted by atomic mass is 9.84. The van der Waals surface area contributed by atoms with Gasteiger partial charge in [0.2, 0.25) is 0 Å². The summed E-state index contributed by atoms with van der Waals surface area (Å²) in [6.07, 6.45) is 0. The van der Waals surface area contributed by atoms with Crippen LogP contribution < -0.4 is 0 Å². The van der Waals surface area contributed by atoms with Gasteiger partial charge in [-0.25, -0.2) is 0 Å². The normalized spacial score (nSPS) is 13.4. The van der Waals surface area contributed by atoms with E-state index in [0.717, 1.165) is 43.8 Å². The lowest BCUT2D eigenvalue weighted by Gasteiger charge is -2.18. The van der Waals surface area contributed by atoms with Crippen molar-refractivity contribution in [1.29, 1.82) is 0 Å². The van der Waals surface area contributed by atoms with Crippen molar-refractivity contribution in [1.82, 2.24) is 0 Å². The Morgan fingerprint density at radius 1 is 0.400 bits per heavy atom. The molecule has 0 N–H and O–H groups in total. The van der Waals surface area contributed by atoms with Crippen molar-refractivity contribution in [2.45, 2.75) is 0 Å². The average molecular weight is 579 g/mol. The molecule has 1 heteroatoms. The smallest absolute Gasteiger partial charge is 0.136 e. The molecule has 0 unspecified atom stereocenters. The van der Waals surface area contributed by atoms with E-state index >= 15 is 0 Å². The summed E-state index contributed by atoms with van der Waals surface area (Å²) in [5, 5.41) is 4.06. The molecule has 1 nitrogen and oxygen atoms in total. The Morgan fingerprint density at radius 2 is 0.956 bits per heavy atom. The minimum Gasteiger partial charge on any atom is -0.456 e. The molecular formula is C44H28O. The molecule has 0 aliphatic rings. The van der Waals surface area contributed by atoms with Gasteiger partial charge < -0.3 is 4.42 Å². The summed E-state index contributed by atoms with van der Waals surface area (Å²) in [5.74, 6) is 0. The van der Waals surface area contributed by atoms with Crippen LogP contribution in [-0.2, 0) is 0 Å². The molecule has 0 amide bonds. The number of rotatable bonds is 4. The van der Waals surface area contributed by atoms with Crippen LogP contribution in [0.1, 0.15) is 8.22 Å². The van der Waals surface area contributed by atoms with E-state index in [1.54, 1.807) is 12.1 Å². The van der Waals surface area contributed by atoms with E-state index in [4.69, 9.17) is 8.53 Å². The van der Waals surface area contributed by atoms with Gasteiger partial charge in [-0.05, 0) is 90.2 Å². The molecule has 0 spiro atoms. The number of benzene rings is 8. The molecule has 0 aliphatic heterocycles. The Hall–Kier alpha value is -5.92. The first kappa shape index (κ1) is 20.1. The Balaban J connectivity index is 1.43. The Morgan fingerprint density at radius 3 is 1.62 bits per heavy atom. The van der Waals surface area contributed by atoms with Crippen LogP contribution in [-0.4, -0.2) is 0 Å². The first-order valence-corrected chi connectivity index (χ1v) is 15.0. The van der Waals surface area contributed by atoms with E-state index in [1.807, 2.05) is 72.8 Å². The number of furan rings is 1. The molecule has 0 radical (unpaired) electrons. The van der Waals surface area contributed by atoms with Crippen LogP contribution in [0, 0.1) is 0 Å². The minimum absolute atomic E-state index is 0.0282. The van der Waals surface area contributed by atoms with Crippen molar-refractivity contribution in [3.8, 4) is 44.5 Å². The molecule has 45 heavy (non-hydrogen) atoms. The first-order valence-electron chi connectivity index (χ1n) is 18.0. The quantitative estimate of drug-likeness (QED) is 0.189. The summed E-state index contributed by atoms with van der Waals surface area (Å²) in [7, 11) is 0. The molecule has 0 atom stereocenters. The van der Waals surface area contributed by atoms with Crippen LogP contribution in [0.2, 0.25) is 0 Å². The summed E-state index contributed by atoms with van der Waals surface area (Å²) in [4.78, 5) is 0. The maximum atomic E-state index is 9.41. The van der Waals surface area contributed by atoms with Crippen LogP contribution in [0.5, 0.6) is 0 Å². The standard InChI is InChI=1S/C44H28O/c1-3-13-29(14-4-1)31-17-11-18-33(27-31)42-34-19-7-9-21-36(34)43(37-22-10-8-20-35(37)42)39-23-12-24-40-44(39)38-26-25-32(28-41(38)45-40)30-15-5-2-6-16-30/h1-28H/i12D,23D,24D,25D,26D,28D. The van der Waals surface area contributed by atoms with Crippen LogP contribution >= 0.6 is 0 Å². The fraction of sp³-hybridized carbons (Fsp3) is 0. The van der Waals surface area contributed by atoms with Gasteiger partial charge in [-0.2, -0.15) is 0 Å². The average Bonchev–Trinajstić information content (AvgIpc) is 3.58. The van der Waals surface area contributed by atoms with Crippen molar-refractivity contribution in [2.75, 3.05) is 0 Å². The summed E-state index contributed by atoms with van der Waals surface area (Å²) in [6.45, 7) is 0. The molecule has 0 aliphatic carbocycles. The first-order chi connectivity index (χ1) is 24.8. The van der Waals surface area contributed by atoms with Crippen LogP contribution in [0.3, 0.4) is 0 Å². The Labute approximate surface area is 270 Å². The second-order valence-corrected chi connectivity index (χ2v) is 11.2. The molecule has 0 fully saturated rings. The minimum atomic E-state index is -0.309. The third-order valence-corrected chi connectivity index (χ3v) is 8.58. The molecule has 0 saturated heterocycles. The predicted molar refractivity (Wildman–Crippen MR) is 190 cm³/mol. The van der Waals surface area contributed by atoms with Gasteiger partial charge in [-0.15, -0.1) is 0 Å². The van der Waals surface area contributed by atoms with Gasteiger partial charge in [-0.3, -0.25) is 0 Å². The summed E-state index contributed by atoms with van der Waals surface area (Å²) < 4.78 is 61.2. The van der Waals surface area contributed by atoms with Gasteiger partial charge >= 0.3 is 0 Å². The van der Waals surface area contributed by atoms with Gasteiger partial charge in [0.25, 0.3) is 0 Å². The third kappa shape index (κ3) is 4.17. The molecule has 9 aromatic rings. The lowest BCUT2D eigenvalue weighted by molar-refractivity contribution is 0.669. The second kappa shape index (κ2) is 10.4. The molecule has 1 aromatic heterocycles. The fourth-order valence-electron chi connectivity index (χ4n) is 6.58. The lowest BCUT2D eigenvalue weighted by Crippen LogP contribution is -1.91. The third-order valence-electron chi connectivity index (χ3n) is 8.58. The largest absolute Gasteiger partial charge is 0.456 e. The second-order valence-electron chi connectivity index (χ2n) is 11.2. The highest BCUT2D eigenvalue weighted by Gasteiger charge is 2.20.